The number of fused-ring (bicyclic) bond motifs is 2. The van der Waals surface area contributed by atoms with Crippen LogP contribution in [0.5, 0.6) is 0 Å². The van der Waals surface area contributed by atoms with Gasteiger partial charge in [-0.1, -0.05) is 13.8 Å². The first kappa shape index (κ1) is 20.1. The summed E-state index contributed by atoms with van der Waals surface area (Å²) < 4.78 is 7.64. The second kappa shape index (κ2) is 7.59. The molecule has 3 aromatic rings. The van der Waals surface area contributed by atoms with Gasteiger partial charge in [-0.25, -0.2) is 9.36 Å². The van der Waals surface area contributed by atoms with Gasteiger partial charge in [0.15, 0.2) is 12.4 Å². The van der Waals surface area contributed by atoms with E-state index < -0.39 is 5.97 Å². The first-order valence-electron chi connectivity index (χ1n) is 10.3. The van der Waals surface area contributed by atoms with E-state index in [1.165, 1.54) is 5.56 Å². The number of nitrogens with zero attached hydrogens (tertiary/aromatic N) is 2. The van der Waals surface area contributed by atoms with Crippen LogP contribution in [0.3, 0.4) is 0 Å². The maximum Gasteiger partial charge on any atom is 0.344 e. The van der Waals surface area contributed by atoms with Crippen LogP contribution in [0.2, 0.25) is 0 Å². The molecule has 4 rings (SSSR count). The van der Waals surface area contributed by atoms with E-state index >= 15 is 0 Å². The first-order chi connectivity index (χ1) is 14.2. The van der Waals surface area contributed by atoms with E-state index in [9.17, 15) is 9.59 Å². The van der Waals surface area contributed by atoms with Crippen molar-refractivity contribution in [3.05, 3.63) is 58.7 Å². The average Bonchev–Trinajstić information content (AvgIpc) is 2.69. The fourth-order valence-electron chi connectivity index (χ4n) is 4.16. The number of carbonyl (C=O) groups is 1. The maximum atomic E-state index is 12.7. The Hall–Kier alpha value is -3.15. The normalized spacial score (nSPS) is 15.2. The molecule has 1 aromatic carbocycles. The highest BCUT2D eigenvalue weighted by atomic mass is 16.4. The van der Waals surface area contributed by atoms with Crippen LogP contribution in [0.15, 0.2) is 51.9 Å². The lowest BCUT2D eigenvalue weighted by atomic mass is 9.77. The highest BCUT2D eigenvalue weighted by Crippen LogP contribution is 2.42. The first-order valence-corrected chi connectivity index (χ1v) is 10.3. The molecule has 0 aliphatic carbocycles. The second-order valence-corrected chi connectivity index (χ2v) is 8.73. The summed E-state index contributed by atoms with van der Waals surface area (Å²) in [5.41, 5.74) is 3.81. The molecule has 30 heavy (non-hydrogen) atoms. The van der Waals surface area contributed by atoms with Crippen molar-refractivity contribution in [1.29, 1.82) is 0 Å². The van der Waals surface area contributed by atoms with Crippen molar-refractivity contribution in [3.63, 3.8) is 0 Å². The summed E-state index contributed by atoms with van der Waals surface area (Å²) >= 11 is 0. The molecule has 6 nitrogen and oxygen atoms in total. The van der Waals surface area contributed by atoms with E-state index in [1.807, 2.05) is 48.3 Å². The SMILES string of the molecule is C[n+]1ccc(-c2cc3cc4c(cc3oc2=O)N(CCCC(=O)O)CCC4(C)C)cc1. The molecule has 0 radical (unpaired) electrons. The van der Waals surface area contributed by atoms with Gasteiger partial charge in [0, 0.05) is 54.3 Å². The minimum Gasteiger partial charge on any atom is -0.481 e. The molecule has 3 heterocycles. The largest absolute Gasteiger partial charge is 0.481 e. The zero-order valence-corrected chi connectivity index (χ0v) is 17.6. The van der Waals surface area contributed by atoms with Crippen molar-refractivity contribution in [2.45, 2.75) is 38.5 Å². The van der Waals surface area contributed by atoms with E-state index in [2.05, 4.69) is 24.8 Å². The molecular weight excluding hydrogens is 380 g/mol. The Morgan fingerprint density at radius 2 is 1.97 bits per heavy atom. The summed E-state index contributed by atoms with van der Waals surface area (Å²) in [5, 5.41) is 9.86. The average molecular weight is 407 g/mol. The summed E-state index contributed by atoms with van der Waals surface area (Å²) in [4.78, 5) is 25.8. The number of pyridine rings is 1. The quantitative estimate of drug-likeness (QED) is 0.516. The van der Waals surface area contributed by atoms with Gasteiger partial charge in [0.25, 0.3) is 0 Å². The molecule has 6 heteroatoms. The standard InChI is InChI=1S/C24H26N2O4/c1-24(2)8-12-26(9-4-5-22(27)28)20-15-21-17(14-19(20)24)13-18(23(29)30-21)16-6-10-25(3)11-7-16/h6-7,10-11,13-15H,4-5,8-9,12H2,1-3H3/p+1. The molecular formula is C24H27N2O4+. The van der Waals surface area contributed by atoms with E-state index in [0.717, 1.165) is 29.6 Å². The molecule has 1 aliphatic heterocycles. The van der Waals surface area contributed by atoms with Crippen LogP contribution in [-0.2, 0) is 17.3 Å². The highest BCUT2D eigenvalue weighted by molar-refractivity contribution is 5.87. The van der Waals surface area contributed by atoms with Crippen molar-refractivity contribution >= 4 is 22.6 Å². The van der Waals surface area contributed by atoms with Gasteiger partial charge in [-0.2, -0.15) is 0 Å². The van der Waals surface area contributed by atoms with Crippen LogP contribution in [0.1, 0.15) is 38.7 Å². The number of aliphatic carboxylic acids is 1. The zero-order valence-electron chi connectivity index (χ0n) is 17.6. The second-order valence-electron chi connectivity index (χ2n) is 8.73. The van der Waals surface area contributed by atoms with Gasteiger partial charge in [0.2, 0.25) is 0 Å². The van der Waals surface area contributed by atoms with Crippen molar-refractivity contribution in [2.24, 2.45) is 7.05 Å². The predicted molar refractivity (Wildman–Crippen MR) is 116 cm³/mol. The predicted octanol–water partition coefficient (Wildman–Crippen LogP) is 3.64. The molecule has 1 N–H and O–H groups in total. The molecule has 0 saturated heterocycles. The molecule has 0 spiro atoms. The third kappa shape index (κ3) is 3.82. The number of rotatable bonds is 5. The Morgan fingerprint density at radius 3 is 2.67 bits per heavy atom. The Morgan fingerprint density at radius 1 is 1.23 bits per heavy atom. The number of carboxylic acid groups (broad SMARTS) is 1. The lowest BCUT2D eigenvalue weighted by Gasteiger charge is -2.40. The van der Waals surface area contributed by atoms with Crippen LogP contribution in [0.4, 0.5) is 5.69 Å². The smallest absolute Gasteiger partial charge is 0.344 e. The molecule has 0 bridgehead atoms. The number of aromatic nitrogens is 1. The van der Waals surface area contributed by atoms with Gasteiger partial charge >= 0.3 is 11.6 Å². The number of hydrogen-bond acceptors (Lipinski definition) is 4. The number of anilines is 1. The molecule has 0 atom stereocenters. The van der Waals surface area contributed by atoms with Crippen LogP contribution >= 0.6 is 0 Å². The summed E-state index contributed by atoms with van der Waals surface area (Å²) in [5.74, 6) is -0.779. The molecule has 0 saturated carbocycles. The Labute approximate surface area is 175 Å². The molecule has 2 aromatic heterocycles. The number of carboxylic acids is 1. The lowest BCUT2D eigenvalue weighted by molar-refractivity contribution is -0.671. The summed E-state index contributed by atoms with van der Waals surface area (Å²) in [6.45, 7) is 5.98. The third-order valence-electron chi connectivity index (χ3n) is 6.04. The third-order valence-corrected chi connectivity index (χ3v) is 6.04. The topological polar surface area (TPSA) is 74.6 Å². The number of hydrogen-bond donors (Lipinski definition) is 1. The van der Waals surface area contributed by atoms with E-state index in [-0.39, 0.29) is 17.5 Å². The van der Waals surface area contributed by atoms with E-state index in [1.54, 1.807) is 0 Å². The minimum atomic E-state index is -0.779. The van der Waals surface area contributed by atoms with E-state index in [4.69, 9.17) is 9.52 Å². The molecule has 1 aliphatic rings. The van der Waals surface area contributed by atoms with Gasteiger partial charge in [-0.05, 0) is 36.0 Å². The Bertz CT molecular complexity index is 1160. The molecule has 156 valence electrons. The van der Waals surface area contributed by atoms with Crippen molar-refractivity contribution in [3.8, 4) is 11.1 Å². The zero-order chi connectivity index (χ0) is 21.5. The van der Waals surface area contributed by atoms with Gasteiger partial charge in [-0.15, -0.1) is 0 Å². The molecule has 0 unspecified atom stereocenters. The number of benzene rings is 1. The maximum absolute atomic E-state index is 12.7. The molecule has 0 amide bonds. The lowest BCUT2D eigenvalue weighted by Crippen LogP contribution is -2.38. The van der Waals surface area contributed by atoms with Crippen molar-refractivity contribution in [1.82, 2.24) is 0 Å². The Kier molecular flexibility index (Phi) is 5.10. The van der Waals surface area contributed by atoms with Gasteiger partial charge in [0.1, 0.15) is 12.6 Å². The highest BCUT2D eigenvalue weighted by Gasteiger charge is 2.32. The number of aryl methyl sites for hydroxylation is 1. The Balaban J connectivity index is 1.79. The van der Waals surface area contributed by atoms with Crippen LogP contribution in [-0.4, -0.2) is 24.2 Å². The van der Waals surface area contributed by atoms with Crippen LogP contribution < -0.4 is 15.1 Å². The fraction of sp³-hybridized carbons (Fsp3) is 0.375. The summed E-state index contributed by atoms with van der Waals surface area (Å²) in [6.07, 6.45) is 5.53. The van der Waals surface area contributed by atoms with Crippen molar-refractivity contribution < 1.29 is 18.9 Å². The summed E-state index contributed by atoms with van der Waals surface area (Å²) in [7, 11) is 1.93. The van der Waals surface area contributed by atoms with Crippen LogP contribution in [0.25, 0.3) is 22.1 Å². The van der Waals surface area contributed by atoms with Gasteiger partial charge < -0.3 is 14.4 Å². The van der Waals surface area contributed by atoms with Crippen molar-refractivity contribution in [2.75, 3.05) is 18.0 Å². The molecule has 0 fully saturated rings. The van der Waals surface area contributed by atoms with Gasteiger partial charge in [0.05, 0.1) is 5.56 Å². The minimum absolute atomic E-state index is 0.0103. The summed E-state index contributed by atoms with van der Waals surface area (Å²) in [6, 6.07) is 9.80. The van der Waals surface area contributed by atoms with Crippen LogP contribution in [0, 0.1) is 0 Å². The van der Waals surface area contributed by atoms with E-state index in [0.29, 0.717) is 24.1 Å². The monoisotopic (exact) mass is 407 g/mol. The van der Waals surface area contributed by atoms with Gasteiger partial charge in [-0.3, -0.25) is 4.79 Å². The fourth-order valence-corrected chi connectivity index (χ4v) is 4.16.